The van der Waals surface area contributed by atoms with Gasteiger partial charge in [0.2, 0.25) is 11.7 Å². The molecule has 1 aliphatic heterocycles. The molecular weight excluding hydrogens is 392 g/mol. The molecule has 0 aliphatic carbocycles. The lowest BCUT2D eigenvalue weighted by molar-refractivity contribution is -0.139. The van der Waals surface area contributed by atoms with E-state index < -0.39 is 24.9 Å². The molecule has 156 valence electrons. The fraction of sp³-hybridized carbons (Fsp3) is 0.474. The first kappa shape index (κ1) is 19.7. The molecule has 0 amide bonds. The van der Waals surface area contributed by atoms with Crippen LogP contribution in [0.1, 0.15) is 19.2 Å². The van der Waals surface area contributed by atoms with Gasteiger partial charge in [0.05, 0.1) is 23.9 Å². The van der Waals surface area contributed by atoms with Gasteiger partial charge in [-0.1, -0.05) is 18.1 Å². The van der Waals surface area contributed by atoms with E-state index in [0.29, 0.717) is 41.9 Å². The topological polar surface area (TPSA) is 65.1 Å². The zero-order chi connectivity index (χ0) is 20.6. The minimum Gasteiger partial charge on any atom is -0.379 e. The second kappa shape index (κ2) is 7.66. The highest BCUT2D eigenvalue weighted by Gasteiger charge is 2.32. The number of nitrogens with zero attached hydrogens (tertiary/aromatic N) is 3. The third-order valence-corrected chi connectivity index (χ3v) is 4.91. The standard InChI is InChI=1S/C19H20F4N4O2/c1-2-17-25-18(26-29-17)16-8-11-13(24-14-6-7-28-9-12(14)20)4-3-5-15(11)27(16)10-19(21,22)23/h3-5,8,12,14,24H,2,6-7,9-10H2,1H3/t12-,14+/m1/s1. The molecule has 2 atom stereocenters. The zero-order valence-electron chi connectivity index (χ0n) is 15.7. The Balaban J connectivity index is 1.80. The van der Waals surface area contributed by atoms with Gasteiger partial charge in [-0.2, -0.15) is 18.2 Å². The maximum Gasteiger partial charge on any atom is 0.406 e. The summed E-state index contributed by atoms with van der Waals surface area (Å²) in [6, 6.07) is 6.07. The first-order chi connectivity index (χ1) is 13.9. The first-order valence-corrected chi connectivity index (χ1v) is 9.36. The Morgan fingerprint density at radius 2 is 2.14 bits per heavy atom. The summed E-state index contributed by atoms with van der Waals surface area (Å²) in [4.78, 5) is 4.18. The van der Waals surface area contributed by atoms with Crippen molar-refractivity contribution in [2.24, 2.45) is 0 Å². The van der Waals surface area contributed by atoms with E-state index in [1.165, 1.54) is 0 Å². The van der Waals surface area contributed by atoms with Crippen molar-refractivity contribution in [1.29, 1.82) is 0 Å². The lowest BCUT2D eigenvalue weighted by atomic mass is 10.1. The summed E-state index contributed by atoms with van der Waals surface area (Å²) in [6.45, 7) is 1.04. The van der Waals surface area contributed by atoms with Crippen molar-refractivity contribution in [1.82, 2.24) is 14.7 Å². The molecule has 6 nitrogen and oxygen atoms in total. The number of benzene rings is 1. The molecule has 2 aromatic heterocycles. The summed E-state index contributed by atoms with van der Waals surface area (Å²) in [5, 5.41) is 7.50. The Kier molecular flexibility index (Phi) is 5.20. The average Bonchev–Trinajstić information content (AvgIpc) is 3.28. The molecule has 0 saturated carbocycles. The van der Waals surface area contributed by atoms with Crippen LogP contribution in [0.3, 0.4) is 0 Å². The van der Waals surface area contributed by atoms with Gasteiger partial charge in [-0.25, -0.2) is 4.39 Å². The van der Waals surface area contributed by atoms with Gasteiger partial charge in [0, 0.05) is 24.1 Å². The predicted octanol–water partition coefficient (Wildman–Crippen LogP) is 4.35. The molecule has 10 heteroatoms. The van der Waals surface area contributed by atoms with Crippen LogP contribution in [-0.4, -0.2) is 46.3 Å². The summed E-state index contributed by atoms with van der Waals surface area (Å²) in [6.07, 6.45) is -4.69. The molecule has 3 heterocycles. The molecule has 1 aromatic carbocycles. The first-order valence-electron chi connectivity index (χ1n) is 9.36. The van der Waals surface area contributed by atoms with Crippen LogP contribution >= 0.6 is 0 Å². The number of nitrogens with one attached hydrogen (secondary N) is 1. The normalized spacial score (nSPS) is 20.3. The van der Waals surface area contributed by atoms with Gasteiger partial charge >= 0.3 is 6.18 Å². The zero-order valence-corrected chi connectivity index (χ0v) is 15.7. The maximum atomic E-state index is 14.2. The lowest BCUT2D eigenvalue weighted by Gasteiger charge is -2.28. The molecule has 0 radical (unpaired) electrons. The number of fused-ring (bicyclic) bond motifs is 1. The van der Waals surface area contributed by atoms with Gasteiger partial charge in [0.25, 0.3) is 0 Å². The van der Waals surface area contributed by atoms with E-state index in [2.05, 4.69) is 15.5 Å². The number of aryl methyl sites for hydroxylation is 1. The van der Waals surface area contributed by atoms with Crippen molar-refractivity contribution in [2.45, 2.75) is 44.7 Å². The van der Waals surface area contributed by atoms with Gasteiger partial charge in [0.1, 0.15) is 12.7 Å². The van der Waals surface area contributed by atoms with Crippen molar-refractivity contribution in [3.63, 3.8) is 0 Å². The SMILES string of the molecule is CCc1nc(-c2cc3c(N[C@H]4CCOC[C@H]4F)cccc3n2CC(F)(F)F)no1. The number of hydrogen-bond donors (Lipinski definition) is 1. The average molecular weight is 412 g/mol. The van der Waals surface area contributed by atoms with Gasteiger partial charge in [-0.05, 0) is 24.6 Å². The van der Waals surface area contributed by atoms with Crippen molar-refractivity contribution < 1.29 is 26.8 Å². The van der Waals surface area contributed by atoms with Gasteiger partial charge in [-0.15, -0.1) is 0 Å². The highest BCUT2D eigenvalue weighted by Crippen LogP contribution is 2.35. The fourth-order valence-corrected chi connectivity index (χ4v) is 3.51. The minimum atomic E-state index is -4.44. The monoisotopic (exact) mass is 412 g/mol. The Hall–Kier alpha value is -2.62. The van der Waals surface area contributed by atoms with Crippen molar-refractivity contribution in [3.05, 3.63) is 30.2 Å². The number of alkyl halides is 4. The summed E-state index contributed by atoms with van der Waals surface area (Å²) in [5.74, 6) is 0.423. The van der Waals surface area contributed by atoms with Crippen molar-refractivity contribution in [2.75, 3.05) is 18.5 Å². The Labute approximate surface area is 163 Å². The van der Waals surface area contributed by atoms with E-state index in [4.69, 9.17) is 9.26 Å². The van der Waals surface area contributed by atoms with E-state index in [-0.39, 0.29) is 18.1 Å². The van der Waals surface area contributed by atoms with E-state index in [1.807, 2.05) is 6.92 Å². The van der Waals surface area contributed by atoms with Crippen LogP contribution in [0.5, 0.6) is 0 Å². The van der Waals surface area contributed by atoms with Crippen LogP contribution < -0.4 is 5.32 Å². The second-order valence-electron chi connectivity index (χ2n) is 6.96. The lowest BCUT2D eigenvalue weighted by Crippen LogP contribution is -2.39. The highest BCUT2D eigenvalue weighted by molar-refractivity contribution is 5.96. The Morgan fingerprint density at radius 3 is 2.83 bits per heavy atom. The molecule has 1 fully saturated rings. The highest BCUT2D eigenvalue weighted by atomic mass is 19.4. The van der Waals surface area contributed by atoms with Crippen LogP contribution in [0.25, 0.3) is 22.4 Å². The molecule has 1 saturated heterocycles. The molecule has 3 aromatic rings. The Bertz CT molecular complexity index is 998. The Morgan fingerprint density at radius 1 is 1.31 bits per heavy atom. The molecule has 4 rings (SSSR count). The van der Waals surface area contributed by atoms with Crippen LogP contribution in [0.2, 0.25) is 0 Å². The van der Waals surface area contributed by atoms with Gasteiger partial charge in [-0.3, -0.25) is 0 Å². The van der Waals surface area contributed by atoms with Crippen LogP contribution in [0.15, 0.2) is 28.8 Å². The molecule has 29 heavy (non-hydrogen) atoms. The van der Waals surface area contributed by atoms with Gasteiger partial charge in [0.15, 0.2) is 0 Å². The summed E-state index contributed by atoms with van der Waals surface area (Å²) in [5.41, 5.74) is 1.10. The van der Waals surface area contributed by atoms with E-state index in [0.717, 1.165) is 4.57 Å². The molecule has 1 aliphatic rings. The number of ether oxygens (including phenoxy) is 1. The fourth-order valence-electron chi connectivity index (χ4n) is 3.51. The molecule has 0 spiro atoms. The van der Waals surface area contributed by atoms with Gasteiger partial charge < -0.3 is 19.1 Å². The third-order valence-electron chi connectivity index (χ3n) is 4.91. The summed E-state index contributed by atoms with van der Waals surface area (Å²) >= 11 is 0. The summed E-state index contributed by atoms with van der Waals surface area (Å²) < 4.78 is 65.3. The largest absolute Gasteiger partial charge is 0.406 e. The molecule has 1 N–H and O–H groups in total. The number of hydrogen-bond acceptors (Lipinski definition) is 5. The maximum absolute atomic E-state index is 14.2. The molecule has 0 bridgehead atoms. The van der Waals surface area contributed by atoms with Crippen LogP contribution in [-0.2, 0) is 17.7 Å². The van der Waals surface area contributed by atoms with Crippen molar-refractivity contribution in [3.8, 4) is 11.5 Å². The van der Waals surface area contributed by atoms with Crippen LogP contribution in [0, 0.1) is 0 Å². The number of halogens is 4. The number of rotatable bonds is 5. The smallest absolute Gasteiger partial charge is 0.379 e. The quantitative estimate of drug-likeness (QED) is 0.631. The molecular formula is C19H20F4N4O2. The van der Waals surface area contributed by atoms with Crippen LogP contribution in [0.4, 0.5) is 23.2 Å². The number of anilines is 1. The minimum absolute atomic E-state index is 0.00334. The third kappa shape index (κ3) is 4.07. The van der Waals surface area contributed by atoms with E-state index in [1.54, 1.807) is 24.3 Å². The van der Waals surface area contributed by atoms with E-state index in [9.17, 15) is 17.6 Å². The predicted molar refractivity (Wildman–Crippen MR) is 98.4 cm³/mol. The number of aromatic nitrogens is 3. The second-order valence-corrected chi connectivity index (χ2v) is 6.96. The van der Waals surface area contributed by atoms with E-state index >= 15 is 0 Å². The molecule has 0 unspecified atom stereocenters. The summed E-state index contributed by atoms with van der Waals surface area (Å²) in [7, 11) is 0. The van der Waals surface area contributed by atoms with Crippen molar-refractivity contribution >= 4 is 16.6 Å².